The van der Waals surface area contributed by atoms with Gasteiger partial charge in [-0.2, -0.15) is 13.2 Å². The van der Waals surface area contributed by atoms with Gasteiger partial charge in [0.05, 0.1) is 17.6 Å². The molecule has 0 saturated heterocycles. The number of H-pyrrole nitrogens is 1. The van der Waals surface area contributed by atoms with Crippen LogP contribution in [-0.4, -0.2) is 32.3 Å². The molecule has 0 bridgehead atoms. The van der Waals surface area contributed by atoms with Crippen molar-refractivity contribution in [1.82, 2.24) is 19.9 Å². The highest BCUT2D eigenvalue weighted by Gasteiger charge is 2.35. The van der Waals surface area contributed by atoms with E-state index in [1.807, 2.05) is 0 Å². The second-order valence-electron chi connectivity index (χ2n) is 7.70. The monoisotopic (exact) mass is 406 g/mol. The second-order valence-corrected chi connectivity index (χ2v) is 7.70. The molecule has 6 nitrogen and oxygen atoms in total. The lowest BCUT2D eigenvalue weighted by atomic mass is 10.1. The third kappa shape index (κ3) is 3.99. The van der Waals surface area contributed by atoms with Gasteiger partial charge in [-0.25, -0.2) is 9.97 Å². The Morgan fingerprint density at radius 2 is 2.10 bits per heavy atom. The summed E-state index contributed by atoms with van der Waals surface area (Å²) >= 11 is 0. The number of carbonyl (C=O) groups is 1. The maximum absolute atomic E-state index is 12.9. The van der Waals surface area contributed by atoms with Crippen LogP contribution in [0.25, 0.3) is 11.0 Å². The SMILES string of the molecule is CC(C)CCc1nc2c(o1)CCN(C(=O)c1ccc3nc(C(F)(F)F)[nH]c3c1)C2. The highest BCUT2D eigenvalue weighted by atomic mass is 19.4. The minimum Gasteiger partial charge on any atom is -0.445 e. The Hall–Kier alpha value is -2.84. The van der Waals surface area contributed by atoms with Crippen molar-refractivity contribution in [3.63, 3.8) is 0 Å². The van der Waals surface area contributed by atoms with Crippen LogP contribution >= 0.6 is 0 Å². The van der Waals surface area contributed by atoms with Crippen LogP contribution in [-0.2, 0) is 25.6 Å². The summed E-state index contributed by atoms with van der Waals surface area (Å²) in [5.74, 6) is 0.721. The third-order valence-electron chi connectivity index (χ3n) is 4.99. The summed E-state index contributed by atoms with van der Waals surface area (Å²) in [4.78, 5) is 24.8. The van der Waals surface area contributed by atoms with Crippen molar-refractivity contribution in [3.05, 3.63) is 46.9 Å². The number of oxazole rings is 1. The lowest BCUT2D eigenvalue weighted by Gasteiger charge is -2.25. The van der Waals surface area contributed by atoms with Crippen molar-refractivity contribution in [2.75, 3.05) is 6.54 Å². The van der Waals surface area contributed by atoms with Crippen LogP contribution < -0.4 is 0 Å². The number of imidazole rings is 1. The predicted octanol–water partition coefficient (Wildman–Crippen LogP) is 4.36. The summed E-state index contributed by atoms with van der Waals surface area (Å²) < 4.78 is 44.3. The Kier molecular flexibility index (Phi) is 4.84. The van der Waals surface area contributed by atoms with Gasteiger partial charge in [-0.3, -0.25) is 4.79 Å². The predicted molar refractivity (Wildman–Crippen MR) is 99.2 cm³/mol. The molecule has 9 heteroatoms. The molecule has 0 fully saturated rings. The van der Waals surface area contributed by atoms with E-state index in [0.717, 1.165) is 24.3 Å². The zero-order chi connectivity index (χ0) is 20.8. The first-order chi connectivity index (χ1) is 13.7. The standard InChI is InChI=1S/C20H21F3N4O2/c1-11(2)3-6-17-24-15-10-27(8-7-16(15)29-17)18(28)12-4-5-13-14(9-12)26-19(25-13)20(21,22)23/h4-5,9,11H,3,6-8,10H2,1-2H3,(H,25,26). The van der Waals surface area contributed by atoms with Crippen molar-refractivity contribution in [2.45, 2.75) is 45.8 Å². The molecule has 0 spiro atoms. The molecule has 0 unspecified atom stereocenters. The Balaban J connectivity index is 1.51. The number of aromatic nitrogens is 3. The summed E-state index contributed by atoms with van der Waals surface area (Å²) in [6.07, 6.45) is -2.25. The molecule has 0 aliphatic carbocycles. The Morgan fingerprint density at radius 1 is 1.31 bits per heavy atom. The average Bonchev–Trinajstić information content (AvgIpc) is 3.27. The first-order valence-electron chi connectivity index (χ1n) is 9.54. The van der Waals surface area contributed by atoms with Gasteiger partial charge in [-0.05, 0) is 30.5 Å². The summed E-state index contributed by atoms with van der Waals surface area (Å²) in [6, 6.07) is 4.33. The number of fused-ring (bicyclic) bond motifs is 2. The molecule has 1 aliphatic heterocycles. The van der Waals surface area contributed by atoms with Gasteiger partial charge in [0.15, 0.2) is 5.89 Å². The van der Waals surface area contributed by atoms with Crippen LogP contribution in [0.15, 0.2) is 22.6 Å². The molecule has 1 amide bonds. The molecule has 1 N–H and O–H groups in total. The molecule has 154 valence electrons. The normalized spacial score (nSPS) is 14.6. The number of aromatic amines is 1. The van der Waals surface area contributed by atoms with E-state index in [2.05, 4.69) is 28.8 Å². The Labute approximate surface area is 165 Å². The van der Waals surface area contributed by atoms with Crippen LogP contribution in [0.4, 0.5) is 13.2 Å². The zero-order valence-electron chi connectivity index (χ0n) is 16.1. The van der Waals surface area contributed by atoms with E-state index >= 15 is 0 Å². The topological polar surface area (TPSA) is 75.0 Å². The van der Waals surface area contributed by atoms with Crippen molar-refractivity contribution in [2.24, 2.45) is 5.92 Å². The number of hydrogen-bond donors (Lipinski definition) is 1. The molecule has 1 aromatic carbocycles. The molecule has 3 aromatic rings. The molecular formula is C20H21F3N4O2. The molecular weight excluding hydrogens is 385 g/mol. The summed E-state index contributed by atoms with van der Waals surface area (Å²) in [5, 5.41) is 0. The Morgan fingerprint density at radius 3 is 2.83 bits per heavy atom. The fourth-order valence-corrected chi connectivity index (χ4v) is 3.40. The van der Waals surface area contributed by atoms with E-state index < -0.39 is 12.0 Å². The first kappa shape index (κ1) is 19.5. The molecule has 3 heterocycles. The highest BCUT2D eigenvalue weighted by Crippen LogP contribution is 2.29. The van der Waals surface area contributed by atoms with E-state index in [9.17, 15) is 18.0 Å². The van der Waals surface area contributed by atoms with Crippen LogP contribution in [0.1, 0.15) is 53.8 Å². The summed E-state index contributed by atoms with van der Waals surface area (Å²) in [5.41, 5.74) is 1.41. The van der Waals surface area contributed by atoms with E-state index in [-0.39, 0.29) is 16.9 Å². The number of nitrogens with one attached hydrogen (secondary N) is 1. The fourth-order valence-electron chi connectivity index (χ4n) is 3.40. The van der Waals surface area contributed by atoms with Gasteiger partial charge in [0, 0.05) is 24.9 Å². The van der Waals surface area contributed by atoms with Gasteiger partial charge < -0.3 is 14.3 Å². The Bertz CT molecular complexity index is 1050. The number of alkyl halides is 3. The van der Waals surface area contributed by atoms with Crippen LogP contribution in [0.5, 0.6) is 0 Å². The minimum absolute atomic E-state index is 0.168. The molecule has 0 atom stereocenters. The van der Waals surface area contributed by atoms with Crippen molar-refractivity contribution < 1.29 is 22.4 Å². The number of aryl methyl sites for hydroxylation is 1. The fraction of sp³-hybridized carbons (Fsp3) is 0.450. The van der Waals surface area contributed by atoms with E-state index in [1.54, 1.807) is 4.90 Å². The smallest absolute Gasteiger partial charge is 0.445 e. The molecule has 0 radical (unpaired) electrons. The maximum Gasteiger partial charge on any atom is 0.449 e. The lowest BCUT2D eigenvalue weighted by molar-refractivity contribution is -0.144. The van der Waals surface area contributed by atoms with Gasteiger partial charge in [-0.15, -0.1) is 0 Å². The van der Waals surface area contributed by atoms with Crippen LogP contribution in [0.3, 0.4) is 0 Å². The average molecular weight is 406 g/mol. The molecule has 2 aromatic heterocycles. The van der Waals surface area contributed by atoms with Gasteiger partial charge in [0.2, 0.25) is 5.82 Å². The van der Waals surface area contributed by atoms with Crippen molar-refractivity contribution in [1.29, 1.82) is 0 Å². The van der Waals surface area contributed by atoms with Crippen molar-refractivity contribution in [3.8, 4) is 0 Å². The first-order valence-corrected chi connectivity index (χ1v) is 9.54. The zero-order valence-corrected chi connectivity index (χ0v) is 16.1. The van der Waals surface area contributed by atoms with E-state index in [4.69, 9.17) is 4.42 Å². The van der Waals surface area contributed by atoms with Crippen LogP contribution in [0.2, 0.25) is 0 Å². The second kappa shape index (κ2) is 7.20. The lowest BCUT2D eigenvalue weighted by Crippen LogP contribution is -2.35. The molecule has 0 saturated carbocycles. The maximum atomic E-state index is 12.9. The quantitative estimate of drug-likeness (QED) is 0.699. The number of benzene rings is 1. The van der Waals surface area contributed by atoms with Gasteiger partial charge in [0.1, 0.15) is 11.5 Å². The number of hydrogen-bond acceptors (Lipinski definition) is 4. The van der Waals surface area contributed by atoms with E-state index in [1.165, 1.54) is 18.2 Å². The van der Waals surface area contributed by atoms with E-state index in [0.29, 0.717) is 36.9 Å². The molecule has 29 heavy (non-hydrogen) atoms. The summed E-state index contributed by atoms with van der Waals surface area (Å²) in [7, 11) is 0. The van der Waals surface area contributed by atoms with Gasteiger partial charge >= 0.3 is 6.18 Å². The summed E-state index contributed by atoms with van der Waals surface area (Å²) in [6.45, 7) is 5.07. The largest absolute Gasteiger partial charge is 0.449 e. The number of rotatable bonds is 4. The third-order valence-corrected chi connectivity index (χ3v) is 4.99. The number of halogens is 3. The number of amides is 1. The van der Waals surface area contributed by atoms with Gasteiger partial charge in [0.25, 0.3) is 5.91 Å². The molecule has 4 rings (SSSR count). The van der Waals surface area contributed by atoms with Crippen LogP contribution in [0, 0.1) is 5.92 Å². The van der Waals surface area contributed by atoms with Crippen molar-refractivity contribution >= 4 is 16.9 Å². The minimum atomic E-state index is -4.56. The van der Waals surface area contributed by atoms with Gasteiger partial charge in [-0.1, -0.05) is 13.8 Å². The number of nitrogens with zero attached hydrogens (tertiary/aromatic N) is 3. The highest BCUT2D eigenvalue weighted by molar-refractivity contribution is 5.97. The molecule has 1 aliphatic rings. The number of carbonyl (C=O) groups excluding carboxylic acids is 1.